The van der Waals surface area contributed by atoms with Crippen LogP contribution < -0.4 is 0 Å². The molecule has 2 aromatic rings. The van der Waals surface area contributed by atoms with Crippen LogP contribution in [0.3, 0.4) is 0 Å². The maximum Gasteiger partial charge on any atom is 0.267 e. The van der Waals surface area contributed by atoms with Crippen molar-refractivity contribution in [1.29, 1.82) is 0 Å². The first-order valence-electron chi connectivity index (χ1n) is 8.51. The third-order valence-corrected chi connectivity index (χ3v) is 6.92. The van der Waals surface area contributed by atoms with E-state index in [1.807, 2.05) is 48.2 Å². The minimum Gasteiger partial charge on any atom is -0.457 e. The molecule has 0 aliphatic carbocycles. The zero-order valence-electron chi connectivity index (χ0n) is 14.4. The zero-order valence-corrected chi connectivity index (χ0v) is 17.6. The van der Waals surface area contributed by atoms with Gasteiger partial charge >= 0.3 is 0 Å². The maximum absolute atomic E-state index is 12.8. The van der Waals surface area contributed by atoms with Crippen LogP contribution in [0.5, 0.6) is 0 Å². The van der Waals surface area contributed by atoms with Gasteiger partial charge in [-0.3, -0.25) is 14.6 Å². The van der Waals surface area contributed by atoms with Crippen LogP contribution in [0.25, 0.3) is 17.4 Å². The van der Waals surface area contributed by atoms with Crippen molar-refractivity contribution in [2.45, 2.75) is 0 Å². The van der Waals surface area contributed by atoms with Gasteiger partial charge in [-0.1, -0.05) is 35.6 Å². The van der Waals surface area contributed by atoms with Crippen LogP contribution in [0.2, 0.25) is 5.02 Å². The van der Waals surface area contributed by atoms with Gasteiger partial charge in [-0.05, 0) is 36.4 Å². The van der Waals surface area contributed by atoms with Crippen molar-refractivity contribution >= 4 is 63.6 Å². The molecule has 2 saturated heterocycles. The number of carbonyl (C=O) groups is 1. The van der Waals surface area contributed by atoms with E-state index in [0.717, 1.165) is 35.9 Å². The molecule has 0 spiro atoms. The molecule has 0 atom stereocenters. The number of furan rings is 1. The lowest BCUT2D eigenvalue weighted by molar-refractivity contribution is -0.123. The first-order valence-corrected chi connectivity index (χ1v) is 11.3. The Kier molecular flexibility index (Phi) is 5.94. The Balaban J connectivity index is 1.48. The van der Waals surface area contributed by atoms with Crippen molar-refractivity contribution in [2.75, 3.05) is 31.3 Å². The van der Waals surface area contributed by atoms with Crippen molar-refractivity contribution in [1.82, 2.24) is 9.80 Å². The number of hydrogen-bond acceptors (Lipinski definition) is 6. The van der Waals surface area contributed by atoms with Crippen LogP contribution in [0.15, 0.2) is 45.7 Å². The van der Waals surface area contributed by atoms with E-state index in [0.29, 0.717) is 26.7 Å². The van der Waals surface area contributed by atoms with Gasteiger partial charge in [-0.2, -0.15) is 11.8 Å². The predicted molar refractivity (Wildman–Crippen MR) is 118 cm³/mol. The Morgan fingerprint density at radius 2 is 1.89 bits per heavy atom. The summed E-state index contributed by atoms with van der Waals surface area (Å²) < 4.78 is 6.49. The molecule has 140 valence electrons. The predicted octanol–water partition coefficient (Wildman–Crippen LogP) is 4.81. The number of hydrogen-bond donors (Lipinski definition) is 0. The molecule has 0 radical (unpaired) electrons. The number of amides is 1. The van der Waals surface area contributed by atoms with Crippen molar-refractivity contribution in [2.24, 2.45) is 0 Å². The van der Waals surface area contributed by atoms with E-state index in [1.54, 1.807) is 11.0 Å². The first kappa shape index (κ1) is 19.1. The summed E-state index contributed by atoms with van der Waals surface area (Å²) in [4.78, 5) is 17.3. The fraction of sp³-hybridized carbons (Fsp3) is 0.263. The minimum atomic E-state index is -0.0485. The van der Waals surface area contributed by atoms with E-state index in [-0.39, 0.29) is 5.91 Å². The van der Waals surface area contributed by atoms with E-state index >= 15 is 0 Å². The molecular weight excluding hydrogens is 420 g/mol. The highest BCUT2D eigenvalue weighted by Gasteiger charge is 2.33. The van der Waals surface area contributed by atoms with Crippen LogP contribution in [0.1, 0.15) is 5.76 Å². The highest BCUT2D eigenvalue weighted by Crippen LogP contribution is 2.34. The standard InChI is InChI=1S/C19H17ClN2O2S3/c20-14-3-1-13(2-4-14)16-6-5-15(24-16)11-17-18(23)22(19(25)27-17)12-21-7-9-26-10-8-21/h1-6,11H,7-10,12H2/b17-11-. The lowest BCUT2D eigenvalue weighted by Gasteiger charge is -2.29. The minimum absolute atomic E-state index is 0.0485. The average Bonchev–Trinajstić information content (AvgIpc) is 3.24. The van der Waals surface area contributed by atoms with Crippen molar-refractivity contribution in [3.63, 3.8) is 0 Å². The molecular formula is C19H17ClN2O2S3. The normalized spacial score (nSPS) is 20.0. The monoisotopic (exact) mass is 436 g/mol. The molecule has 4 rings (SSSR count). The average molecular weight is 437 g/mol. The molecule has 3 heterocycles. The fourth-order valence-electron chi connectivity index (χ4n) is 2.89. The van der Waals surface area contributed by atoms with Gasteiger partial charge in [0.2, 0.25) is 0 Å². The molecule has 0 N–H and O–H groups in total. The quantitative estimate of drug-likeness (QED) is 0.505. The molecule has 1 aromatic carbocycles. The lowest BCUT2D eigenvalue weighted by atomic mass is 10.2. The van der Waals surface area contributed by atoms with Crippen LogP contribution in [-0.4, -0.2) is 51.3 Å². The molecule has 0 saturated carbocycles. The second kappa shape index (κ2) is 8.41. The SMILES string of the molecule is O=C1/C(=C/c2ccc(-c3ccc(Cl)cc3)o2)SC(=S)N1CN1CCSCC1. The number of thiocarbonyl (C=S) groups is 1. The van der Waals surface area contributed by atoms with Crippen molar-refractivity contribution < 1.29 is 9.21 Å². The molecule has 0 bridgehead atoms. The largest absolute Gasteiger partial charge is 0.457 e. The van der Waals surface area contributed by atoms with Gasteiger partial charge in [0.25, 0.3) is 5.91 Å². The molecule has 2 aliphatic rings. The second-order valence-electron chi connectivity index (χ2n) is 6.19. The zero-order chi connectivity index (χ0) is 18.8. The van der Waals surface area contributed by atoms with Gasteiger partial charge in [0.1, 0.15) is 15.8 Å². The van der Waals surface area contributed by atoms with Gasteiger partial charge in [-0.15, -0.1) is 0 Å². The van der Waals surface area contributed by atoms with E-state index in [9.17, 15) is 4.79 Å². The van der Waals surface area contributed by atoms with Crippen LogP contribution in [0, 0.1) is 0 Å². The third-order valence-electron chi connectivity index (χ3n) is 4.35. The Hall–Kier alpha value is -1.25. The molecule has 2 fully saturated rings. The Morgan fingerprint density at radius 3 is 2.63 bits per heavy atom. The Labute approximate surface area is 176 Å². The molecule has 27 heavy (non-hydrogen) atoms. The van der Waals surface area contributed by atoms with Gasteiger partial charge in [0.05, 0.1) is 11.6 Å². The van der Waals surface area contributed by atoms with Crippen molar-refractivity contribution in [3.05, 3.63) is 52.1 Å². The van der Waals surface area contributed by atoms with Gasteiger partial charge in [0.15, 0.2) is 0 Å². The topological polar surface area (TPSA) is 36.7 Å². The summed E-state index contributed by atoms with van der Waals surface area (Å²) in [5, 5.41) is 0.682. The smallest absolute Gasteiger partial charge is 0.267 e. The summed E-state index contributed by atoms with van der Waals surface area (Å²) in [7, 11) is 0. The van der Waals surface area contributed by atoms with Gasteiger partial charge in [0, 0.05) is 41.3 Å². The summed E-state index contributed by atoms with van der Waals surface area (Å²) in [6.07, 6.45) is 1.77. The third kappa shape index (κ3) is 4.43. The molecule has 1 amide bonds. The number of nitrogens with zero attached hydrogens (tertiary/aromatic N) is 2. The van der Waals surface area contributed by atoms with Crippen LogP contribution >= 0.6 is 47.3 Å². The molecule has 2 aliphatic heterocycles. The fourth-order valence-corrected chi connectivity index (χ4v) is 5.22. The number of halogens is 1. The molecule has 8 heteroatoms. The highest BCUT2D eigenvalue weighted by atomic mass is 35.5. The summed E-state index contributed by atoms with van der Waals surface area (Å²) in [6.45, 7) is 2.55. The number of carbonyl (C=O) groups excluding carboxylic acids is 1. The molecule has 1 aromatic heterocycles. The van der Waals surface area contributed by atoms with Gasteiger partial charge in [-0.25, -0.2) is 0 Å². The van der Waals surface area contributed by atoms with Gasteiger partial charge < -0.3 is 4.42 Å². The van der Waals surface area contributed by atoms with E-state index in [1.165, 1.54) is 11.8 Å². The summed E-state index contributed by atoms with van der Waals surface area (Å²) in [5.74, 6) is 3.52. The summed E-state index contributed by atoms with van der Waals surface area (Å²) in [6, 6.07) is 11.2. The highest BCUT2D eigenvalue weighted by molar-refractivity contribution is 8.26. The molecule has 4 nitrogen and oxygen atoms in total. The number of thioether (sulfide) groups is 2. The number of benzene rings is 1. The molecule has 0 unspecified atom stereocenters. The lowest BCUT2D eigenvalue weighted by Crippen LogP contribution is -2.43. The van der Waals surface area contributed by atoms with E-state index in [2.05, 4.69) is 4.90 Å². The van der Waals surface area contributed by atoms with Crippen LogP contribution in [0.4, 0.5) is 0 Å². The number of rotatable bonds is 4. The van der Waals surface area contributed by atoms with Crippen LogP contribution in [-0.2, 0) is 4.79 Å². The Morgan fingerprint density at radius 1 is 1.15 bits per heavy atom. The maximum atomic E-state index is 12.8. The first-order chi connectivity index (χ1) is 13.1. The van der Waals surface area contributed by atoms with E-state index < -0.39 is 0 Å². The van der Waals surface area contributed by atoms with Crippen molar-refractivity contribution in [3.8, 4) is 11.3 Å². The second-order valence-corrected chi connectivity index (χ2v) is 9.53. The Bertz CT molecular complexity index is 889. The van der Waals surface area contributed by atoms with E-state index in [4.69, 9.17) is 28.2 Å². The summed E-state index contributed by atoms with van der Waals surface area (Å²) >= 11 is 14.6. The summed E-state index contributed by atoms with van der Waals surface area (Å²) in [5.41, 5.74) is 0.939.